The fourth-order valence-corrected chi connectivity index (χ4v) is 2.60. The summed E-state index contributed by atoms with van der Waals surface area (Å²) in [5, 5.41) is 8.78. The average Bonchev–Trinajstić information content (AvgIpc) is 2.42. The van der Waals surface area contributed by atoms with Crippen molar-refractivity contribution in [1.29, 1.82) is 0 Å². The van der Waals surface area contributed by atoms with Gasteiger partial charge in [-0.25, -0.2) is 0 Å². The second-order valence-corrected chi connectivity index (χ2v) is 6.04. The highest BCUT2D eigenvalue weighted by Crippen LogP contribution is 2.41. The van der Waals surface area contributed by atoms with E-state index in [9.17, 15) is 0 Å². The minimum absolute atomic E-state index is 0.189. The molecule has 0 fully saturated rings. The fraction of sp³-hybridized carbons (Fsp3) is 0.286. The van der Waals surface area contributed by atoms with Gasteiger partial charge in [0, 0.05) is 11.8 Å². The molecule has 0 amide bonds. The van der Waals surface area contributed by atoms with Crippen LogP contribution in [-0.2, 0) is 0 Å². The Kier molecular flexibility index (Phi) is 4.81. The summed E-state index contributed by atoms with van der Waals surface area (Å²) in [6.07, 6.45) is 0. The van der Waals surface area contributed by atoms with Crippen molar-refractivity contribution in [3.63, 3.8) is 0 Å². The monoisotopic (exact) mass is 345 g/mol. The minimum Gasteiger partial charge on any atom is -0.434 e. The molecule has 0 aliphatic carbocycles. The number of nitrogen functional groups attached to an aromatic ring is 1. The Morgan fingerprint density at radius 1 is 1.14 bits per heavy atom. The van der Waals surface area contributed by atoms with E-state index in [4.69, 9.17) is 45.3 Å². The highest BCUT2D eigenvalue weighted by Gasteiger charge is 2.16. The van der Waals surface area contributed by atoms with Gasteiger partial charge in [0.15, 0.2) is 10.9 Å². The topological polar surface area (TPSA) is 61.0 Å². The second-order valence-electron chi connectivity index (χ2n) is 4.90. The van der Waals surface area contributed by atoms with Gasteiger partial charge in [0.25, 0.3) is 0 Å². The molecule has 0 aliphatic heterocycles. The zero-order chi connectivity index (χ0) is 15.7. The Balaban J connectivity index is 2.44. The first kappa shape index (κ1) is 16.1. The number of hydrogen-bond donors (Lipinski definition) is 1. The Bertz CT molecular complexity index is 690. The highest BCUT2D eigenvalue weighted by atomic mass is 35.5. The molecule has 2 rings (SSSR count). The van der Waals surface area contributed by atoms with Crippen molar-refractivity contribution in [2.24, 2.45) is 0 Å². The smallest absolute Gasteiger partial charge is 0.239 e. The molecule has 7 heteroatoms. The SMILES string of the molecule is Cc1c(N)cc(Cl)c(Oc2cc(C(C)C)c(Cl)nn2)c1Cl. The van der Waals surface area contributed by atoms with E-state index in [1.165, 1.54) is 0 Å². The van der Waals surface area contributed by atoms with Crippen LogP contribution in [0.15, 0.2) is 12.1 Å². The quantitative estimate of drug-likeness (QED) is 0.772. The molecule has 1 heterocycles. The van der Waals surface area contributed by atoms with Crippen molar-refractivity contribution >= 4 is 40.5 Å². The normalized spacial score (nSPS) is 11.0. The zero-order valence-corrected chi connectivity index (χ0v) is 14.0. The van der Waals surface area contributed by atoms with E-state index in [-0.39, 0.29) is 11.8 Å². The van der Waals surface area contributed by atoms with E-state index >= 15 is 0 Å². The number of ether oxygens (including phenoxy) is 1. The van der Waals surface area contributed by atoms with Gasteiger partial charge in [-0.2, -0.15) is 0 Å². The van der Waals surface area contributed by atoms with Crippen LogP contribution in [0.25, 0.3) is 0 Å². The van der Waals surface area contributed by atoms with E-state index in [1.54, 1.807) is 19.1 Å². The maximum Gasteiger partial charge on any atom is 0.239 e. The van der Waals surface area contributed by atoms with Crippen LogP contribution in [0.1, 0.15) is 30.9 Å². The summed E-state index contributed by atoms with van der Waals surface area (Å²) in [5.41, 5.74) is 7.83. The summed E-state index contributed by atoms with van der Waals surface area (Å²) in [5.74, 6) is 0.766. The van der Waals surface area contributed by atoms with Crippen molar-refractivity contribution in [3.8, 4) is 11.6 Å². The number of nitrogens with two attached hydrogens (primary N) is 1. The molecular weight excluding hydrogens is 333 g/mol. The maximum atomic E-state index is 6.22. The molecule has 1 aromatic carbocycles. The molecule has 112 valence electrons. The lowest BCUT2D eigenvalue weighted by molar-refractivity contribution is 0.454. The second kappa shape index (κ2) is 6.26. The van der Waals surface area contributed by atoms with Gasteiger partial charge in [-0.3, -0.25) is 0 Å². The molecule has 21 heavy (non-hydrogen) atoms. The summed E-state index contributed by atoms with van der Waals surface area (Å²) in [7, 11) is 0. The summed E-state index contributed by atoms with van der Waals surface area (Å²) >= 11 is 18.4. The number of nitrogens with zero attached hydrogens (tertiary/aromatic N) is 2. The van der Waals surface area contributed by atoms with E-state index in [1.807, 2.05) is 13.8 Å². The molecule has 0 saturated heterocycles. The molecule has 2 N–H and O–H groups in total. The van der Waals surface area contributed by atoms with Gasteiger partial charge in [0.1, 0.15) is 0 Å². The fourth-order valence-electron chi connectivity index (χ4n) is 1.74. The highest BCUT2D eigenvalue weighted by molar-refractivity contribution is 6.38. The Hall–Kier alpha value is -1.23. The van der Waals surface area contributed by atoms with Crippen LogP contribution in [-0.4, -0.2) is 10.2 Å². The molecule has 0 bridgehead atoms. The predicted molar refractivity (Wildman–Crippen MR) is 86.8 cm³/mol. The van der Waals surface area contributed by atoms with Gasteiger partial charge >= 0.3 is 0 Å². The van der Waals surface area contributed by atoms with Crippen molar-refractivity contribution in [2.75, 3.05) is 5.73 Å². The van der Waals surface area contributed by atoms with Gasteiger partial charge in [-0.05, 0) is 30.0 Å². The molecule has 1 aromatic heterocycles. The zero-order valence-electron chi connectivity index (χ0n) is 11.7. The first-order chi connectivity index (χ1) is 9.81. The number of halogens is 3. The summed E-state index contributed by atoms with van der Waals surface area (Å²) < 4.78 is 5.67. The van der Waals surface area contributed by atoms with Crippen LogP contribution in [0, 0.1) is 6.92 Å². The lowest BCUT2D eigenvalue weighted by Crippen LogP contribution is -1.99. The Morgan fingerprint density at radius 3 is 2.43 bits per heavy atom. The Labute approximate surface area is 138 Å². The van der Waals surface area contributed by atoms with E-state index in [2.05, 4.69) is 10.2 Å². The van der Waals surface area contributed by atoms with E-state index < -0.39 is 0 Å². The predicted octanol–water partition coefficient (Wildman–Crippen LogP) is 5.24. The van der Waals surface area contributed by atoms with Crippen molar-refractivity contribution in [3.05, 3.63) is 38.5 Å². The maximum absolute atomic E-state index is 6.22. The van der Waals surface area contributed by atoms with Crippen LogP contribution in [0.5, 0.6) is 11.6 Å². The van der Waals surface area contributed by atoms with Crippen molar-refractivity contribution < 1.29 is 4.74 Å². The number of hydrogen-bond acceptors (Lipinski definition) is 4. The standard InChI is InChI=1S/C14H14Cl3N3O/c1-6(2)8-4-11(19-20-14(8)17)21-13-9(15)5-10(18)7(3)12(13)16/h4-6H,18H2,1-3H3. The number of benzene rings is 1. The first-order valence-electron chi connectivity index (χ1n) is 6.26. The molecule has 0 radical (unpaired) electrons. The van der Waals surface area contributed by atoms with Crippen LogP contribution in [0.3, 0.4) is 0 Å². The molecule has 0 unspecified atom stereocenters. The van der Waals surface area contributed by atoms with Gasteiger partial charge in [-0.15, -0.1) is 10.2 Å². The number of rotatable bonds is 3. The van der Waals surface area contributed by atoms with Crippen LogP contribution in [0.4, 0.5) is 5.69 Å². The minimum atomic E-state index is 0.189. The van der Waals surface area contributed by atoms with Crippen LogP contribution >= 0.6 is 34.8 Å². The Morgan fingerprint density at radius 2 is 1.81 bits per heavy atom. The molecule has 0 spiro atoms. The van der Waals surface area contributed by atoms with Crippen LogP contribution < -0.4 is 10.5 Å². The molecule has 0 atom stereocenters. The molecule has 0 aliphatic rings. The molecule has 0 saturated carbocycles. The van der Waals surface area contributed by atoms with Gasteiger partial charge in [0.2, 0.25) is 5.88 Å². The van der Waals surface area contributed by atoms with Gasteiger partial charge in [-0.1, -0.05) is 48.7 Å². The van der Waals surface area contributed by atoms with Crippen LogP contribution in [0.2, 0.25) is 15.2 Å². The van der Waals surface area contributed by atoms with E-state index in [0.717, 1.165) is 5.56 Å². The summed E-state index contributed by atoms with van der Waals surface area (Å²) in [4.78, 5) is 0. The average molecular weight is 347 g/mol. The largest absolute Gasteiger partial charge is 0.434 e. The molecule has 2 aromatic rings. The van der Waals surface area contributed by atoms with Crippen molar-refractivity contribution in [1.82, 2.24) is 10.2 Å². The number of anilines is 1. The van der Waals surface area contributed by atoms with Gasteiger partial charge < -0.3 is 10.5 Å². The third-order valence-corrected chi connectivity index (χ3v) is 4.07. The molecular formula is C14H14Cl3N3O. The number of aromatic nitrogens is 2. The first-order valence-corrected chi connectivity index (χ1v) is 7.39. The lowest BCUT2D eigenvalue weighted by atomic mass is 10.1. The summed E-state index contributed by atoms with van der Waals surface area (Å²) in [6, 6.07) is 3.31. The molecule has 4 nitrogen and oxygen atoms in total. The summed E-state index contributed by atoms with van der Waals surface area (Å²) in [6.45, 7) is 5.79. The third kappa shape index (κ3) is 3.34. The van der Waals surface area contributed by atoms with Crippen molar-refractivity contribution in [2.45, 2.75) is 26.7 Å². The third-order valence-electron chi connectivity index (χ3n) is 3.04. The lowest BCUT2D eigenvalue weighted by Gasteiger charge is -2.13. The van der Waals surface area contributed by atoms with Gasteiger partial charge in [0.05, 0.1) is 10.0 Å². The van der Waals surface area contributed by atoms with E-state index in [0.29, 0.717) is 32.2 Å².